The number of carbonyl (C=O) groups is 2. The van der Waals surface area contributed by atoms with Crippen molar-refractivity contribution < 1.29 is 9.59 Å². The van der Waals surface area contributed by atoms with Crippen molar-refractivity contribution in [2.45, 2.75) is 12.8 Å². The minimum atomic E-state index is -0.589. The minimum Gasteiger partial charge on any atom is -0.361 e. The van der Waals surface area contributed by atoms with Crippen molar-refractivity contribution in [3.63, 3.8) is 0 Å². The molecule has 1 atom stereocenters. The summed E-state index contributed by atoms with van der Waals surface area (Å²) in [5.41, 5.74) is 4.15. The second kappa shape index (κ2) is 7.89. The first-order valence-electron chi connectivity index (χ1n) is 10.1. The molecule has 3 heterocycles. The summed E-state index contributed by atoms with van der Waals surface area (Å²) in [5, 5.41) is 6.81. The molecule has 1 unspecified atom stereocenters. The van der Waals surface area contributed by atoms with E-state index in [0.29, 0.717) is 17.8 Å². The molecule has 0 aliphatic carbocycles. The zero-order chi connectivity index (χ0) is 21.4. The average Bonchev–Trinajstić information content (AvgIpc) is 3.52. The second-order valence-corrected chi connectivity index (χ2v) is 8.55. The van der Waals surface area contributed by atoms with Crippen LogP contribution in [0.25, 0.3) is 21.8 Å². The molecule has 0 radical (unpaired) electrons. The van der Waals surface area contributed by atoms with Gasteiger partial charge in [-0.2, -0.15) is 0 Å². The first-order chi connectivity index (χ1) is 15.1. The van der Waals surface area contributed by atoms with E-state index < -0.39 is 11.7 Å². The van der Waals surface area contributed by atoms with Gasteiger partial charge in [0, 0.05) is 51.0 Å². The number of rotatable bonds is 6. The van der Waals surface area contributed by atoms with Gasteiger partial charge in [-0.25, -0.2) is 0 Å². The maximum atomic E-state index is 13.0. The molecule has 5 rings (SSSR count). The van der Waals surface area contributed by atoms with Crippen molar-refractivity contribution >= 4 is 44.8 Å². The molecule has 6 heteroatoms. The van der Waals surface area contributed by atoms with Crippen molar-refractivity contribution in [1.29, 1.82) is 0 Å². The summed E-state index contributed by atoms with van der Waals surface area (Å²) in [4.78, 5) is 33.5. The Balaban J connectivity index is 1.42. The lowest BCUT2D eigenvalue weighted by Crippen LogP contribution is -2.34. The third-order valence-corrected chi connectivity index (χ3v) is 6.66. The van der Waals surface area contributed by atoms with Crippen LogP contribution in [0.4, 0.5) is 0 Å². The molecule has 3 aromatic heterocycles. The molecule has 154 valence electrons. The Morgan fingerprint density at radius 1 is 0.968 bits per heavy atom. The number of aromatic nitrogens is 2. The van der Waals surface area contributed by atoms with Gasteiger partial charge in [-0.15, -0.1) is 11.3 Å². The van der Waals surface area contributed by atoms with Crippen molar-refractivity contribution in [3.05, 3.63) is 93.9 Å². The van der Waals surface area contributed by atoms with Crippen LogP contribution in [0, 0.1) is 6.92 Å². The van der Waals surface area contributed by atoms with Crippen LogP contribution in [0.5, 0.6) is 0 Å². The van der Waals surface area contributed by atoms with E-state index in [1.54, 1.807) is 11.3 Å². The quantitative estimate of drug-likeness (QED) is 0.259. The maximum absolute atomic E-state index is 13.0. The van der Waals surface area contributed by atoms with Crippen LogP contribution in [0.2, 0.25) is 0 Å². The second-order valence-electron chi connectivity index (χ2n) is 7.57. The Labute approximate surface area is 183 Å². The Bertz CT molecular complexity index is 1390. The predicted octanol–water partition coefficient (Wildman–Crippen LogP) is 5.15. The molecule has 0 saturated carbocycles. The van der Waals surface area contributed by atoms with E-state index in [1.165, 1.54) is 0 Å². The first kappa shape index (κ1) is 19.3. The van der Waals surface area contributed by atoms with E-state index in [-0.39, 0.29) is 5.92 Å². The SMILES string of the molecule is Cc1[nH]c2ccccc2c1C(=O)C(=O)NCC(c1cccs1)c1c[nH]c2ccccc12. The molecule has 0 aliphatic heterocycles. The molecule has 0 aliphatic rings. The molecule has 5 nitrogen and oxygen atoms in total. The number of benzene rings is 2. The van der Waals surface area contributed by atoms with Crippen LogP contribution in [-0.2, 0) is 4.79 Å². The van der Waals surface area contributed by atoms with E-state index in [4.69, 9.17) is 0 Å². The molecule has 0 bridgehead atoms. The molecule has 0 spiro atoms. The van der Waals surface area contributed by atoms with E-state index in [9.17, 15) is 9.59 Å². The Morgan fingerprint density at radius 2 is 1.71 bits per heavy atom. The molecule has 31 heavy (non-hydrogen) atoms. The van der Waals surface area contributed by atoms with Crippen LogP contribution < -0.4 is 5.32 Å². The summed E-state index contributed by atoms with van der Waals surface area (Å²) in [7, 11) is 0. The molecular weight excluding hydrogens is 406 g/mol. The van der Waals surface area contributed by atoms with Crippen LogP contribution in [0.3, 0.4) is 0 Å². The predicted molar refractivity (Wildman–Crippen MR) is 125 cm³/mol. The van der Waals surface area contributed by atoms with E-state index in [2.05, 4.69) is 27.4 Å². The van der Waals surface area contributed by atoms with Gasteiger partial charge in [0.25, 0.3) is 11.7 Å². The van der Waals surface area contributed by atoms with Crippen LogP contribution in [-0.4, -0.2) is 28.2 Å². The molecule has 5 aromatic rings. The summed E-state index contributed by atoms with van der Waals surface area (Å²) in [5.74, 6) is -1.15. The molecule has 0 fully saturated rings. The Morgan fingerprint density at radius 3 is 2.48 bits per heavy atom. The summed E-state index contributed by atoms with van der Waals surface area (Å²) < 4.78 is 0. The summed E-state index contributed by atoms with van der Waals surface area (Å²) in [6, 6.07) is 19.7. The van der Waals surface area contributed by atoms with Gasteiger partial charge in [0.2, 0.25) is 0 Å². The summed E-state index contributed by atoms with van der Waals surface area (Å²) >= 11 is 1.64. The average molecular weight is 428 g/mol. The summed E-state index contributed by atoms with van der Waals surface area (Å²) in [6.07, 6.45) is 1.99. The molecule has 2 aromatic carbocycles. The number of aromatic amines is 2. The highest BCUT2D eigenvalue weighted by molar-refractivity contribution is 7.10. The normalized spacial score (nSPS) is 12.3. The molecule has 1 amide bonds. The van der Waals surface area contributed by atoms with E-state index in [1.807, 2.05) is 67.0 Å². The number of hydrogen-bond donors (Lipinski definition) is 3. The lowest BCUT2D eigenvalue weighted by molar-refractivity contribution is -0.117. The van der Waals surface area contributed by atoms with E-state index >= 15 is 0 Å². The van der Waals surface area contributed by atoms with Crippen molar-refractivity contribution in [2.24, 2.45) is 0 Å². The third kappa shape index (κ3) is 3.45. The Kier molecular flexibility index (Phi) is 4.92. The van der Waals surface area contributed by atoms with Crippen LogP contribution >= 0.6 is 11.3 Å². The molecule has 3 N–H and O–H groups in total. The van der Waals surface area contributed by atoms with Crippen LogP contribution in [0.1, 0.15) is 32.4 Å². The third-order valence-electron chi connectivity index (χ3n) is 5.68. The number of H-pyrrole nitrogens is 2. The molecule has 0 saturated heterocycles. The van der Waals surface area contributed by atoms with Crippen LogP contribution in [0.15, 0.2) is 72.2 Å². The smallest absolute Gasteiger partial charge is 0.292 e. The number of nitrogens with one attached hydrogen (secondary N) is 3. The first-order valence-corrected chi connectivity index (χ1v) is 11.0. The number of thiophene rings is 1. The number of carbonyl (C=O) groups excluding carboxylic acids is 2. The highest BCUT2D eigenvalue weighted by atomic mass is 32.1. The van der Waals surface area contributed by atoms with Gasteiger partial charge in [-0.3, -0.25) is 9.59 Å². The standard InChI is InChI=1S/C25H21N3O2S/c1-15-23(17-8-3-5-10-21(17)28-15)24(29)25(30)27-14-19(22-11-6-12-31-22)18-13-26-20-9-4-2-7-16(18)20/h2-13,19,26,28H,14H2,1H3,(H,27,30). The monoisotopic (exact) mass is 427 g/mol. The summed E-state index contributed by atoms with van der Waals surface area (Å²) in [6.45, 7) is 2.16. The highest BCUT2D eigenvalue weighted by Gasteiger charge is 2.25. The van der Waals surface area contributed by atoms with Gasteiger partial charge in [0.05, 0.1) is 5.56 Å². The van der Waals surface area contributed by atoms with E-state index in [0.717, 1.165) is 32.2 Å². The lowest BCUT2D eigenvalue weighted by Gasteiger charge is -2.16. The fraction of sp³-hybridized carbons (Fsp3) is 0.120. The minimum absolute atomic E-state index is 0.0445. The highest BCUT2D eigenvalue weighted by Crippen LogP contribution is 2.33. The zero-order valence-corrected chi connectivity index (χ0v) is 17.8. The lowest BCUT2D eigenvalue weighted by atomic mass is 9.96. The van der Waals surface area contributed by atoms with Crippen molar-refractivity contribution in [1.82, 2.24) is 15.3 Å². The largest absolute Gasteiger partial charge is 0.361 e. The zero-order valence-electron chi connectivity index (χ0n) is 16.9. The number of ketones is 1. The number of aryl methyl sites for hydroxylation is 1. The van der Waals surface area contributed by atoms with Crippen molar-refractivity contribution in [3.8, 4) is 0 Å². The van der Waals surface area contributed by atoms with Gasteiger partial charge in [-0.1, -0.05) is 42.5 Å². The number of Topliss-reactive ketones (excluding diaryl/α,β-unsaturated/α-hetero) is 1. The number of fused-ring (bicyclic) bond motifs is 2. The van der Waals surface area contributed by atoms with Gasteiger partial charge >= 0.3 is 0 Å². The van der Waals surface area contributed by atoms with Crippen molar-refractivity contribution in [2.75, 3.05) is 6.54 Å². The number of amides is 1. The maximum Gasteiger partial charge on any atom is 0.292 e. The van der Waals surface area contributed by atoms with Gasteiger partial charge in [0.1, 0.15) is 0 Å². The number of hydrogen-bond acceptors (Lipinski definition) is 3. The van der Waals surface area contributed by atoms with Gasteiger partial charge in [0.15, 0.2) is 0 Å². The number of para-hydroxylation sites is 2. The van der Waals surface area contributed by atoms with Gasteiger partial charge < -0.3 is 15.3 Å². The topological polar surface area (TPSA) is 77.8 Å². The van der Waals surface area contributed by atoms with Gasteiger partial charge in [-0.05, 0) is 36.1 Å². The molecular formula is C25H21N3O2S. The fourth-order valence-electron chi connectivity index (χ4n) is 4.19. The fourth-order valence-corrected chi connectivity index (χ4v) is 5.04. The Hall–Kier alpha value is -3.64.